The molecule has 1 N–H and O–H groups in total. The van der Waals surface area contributed by atoms with Crippen molar-refractivity contribution in [1.29, 1.82) is 0 Å². The molecular weight excluding hydrogens is 322 g/mol. The number of aromatic nitrogens is 2. The Kier molecular flexibility index (Phi) is 4.68. The van der Waals surface area contributed by atoms with Gasteiger partial charge in [0.25, 0.3) is 5.56 Å². The average molecular weight is 336 g/mol. The van der Waals surface area contributed by atoms with Crippen molar-refractivity contribution in [2.45, 2.75) is 13.5 Å². The van der Waals surface area contributed by atoms with Crippen LogP contribution in [0.25, 0.3) is 11.3 Å². The molecule has 0 spiro atoms. The number of nitrogens with one attached hydrogen (secondary N) is 1. The zero-order valence-electron chi connectivity index (χ0n) is 11.0. The predicted molar refractivity (Wildman–Crippen MR) is 80.3 cm³/mol. The van der Waals surface area contributed by atoms with E-state index in [1.807, 2.05) is 31.2 Å². The molecule has 0 radical (unpaired) electrons. The summed E-state index contributed by atoms with van der Waals surface area (Å²) in [5.41, 5.74) is 1.25. The smallest absolute Gasteiger partial charge is 0.267 e. The maximum absolute atomic E-state index is 11.7. The maximum atomic E-state index is 11.7. The summed E-state index contributed by atoms with van der Waals surface area (Å²) in [4.78, 5) is 23.2. The zero-order valence-corrected chi connectivity index (χ0v) is 12.6. The Hall–Kier alpha value is -1.95. The van der Waals surface area contributed by atoms with Crippen LogP contribution in [0.1, 0.15) is 6.92 Å². The molecule has 0 aliphatic carbocycles. The Morgan fingerprint density at radius 3 is 2.60 bits per heavy atom. The van der Waals surface area contributed by atoms with E-state index in [0.717, 1.165) is 10.0 Å². The minimum Gasteiger partial charge on any atom is -0.355 e. The fourth-order valence-corrected chi connectivity index (χ4v) is 1.99. The van der Waals surface area contributed by atoms with Crippen LogP contribution in [0.3, 0.4) is 0 Å². The average Bonchev–Trinajstić information content (AvgIpc) is 2.42. The normalized spacial score (nSPS) is 10.3. The van der Waals surface area contributed by atoms with Crippen molar-refractivity contribution in [2.75, 3.05) is 6.54 Å². The molecule has 0 aliphatic heterocycles. The highest BCUT2D eigenvalue weighted by Crippen LogP contribution is 2.18. The zero-order chi connectivity index (χ0) is 14.5. The van der Waals surface area contributed by atoms with Crippen LogP contribution in [0.2, 0.25) is 0 Å². The lowest BCUT2D eigenvalue weighted by atomic mass is 10.1. The highest BCUT2D eigenvalue weighted by molar-refractivity contribution is 9.10. The first-order valence-corrected chi connectivity index (χ1v) is 7.00. The van der Waals surface area contributed by atoms with Crippen LogP contribution in [0, 0.1) is 0 Å². The standard InChI is InChI=1S/C14H14BrN3O2/c1-2-16-13(19)9-18-14(20)8-7-12(17-18)10-3-5-11(15)6-4-10/h3-8H,2,9H2,1H3,(H,16,19). The van der Waals surface area contributed by atoms with Gasteiger partial charge in [0.05, 0.1) is 5.69 Å². The summed E-state index contributed by atoms with van der Waals surface area (Å²) >= 11 is 3.37. The van der Waals surface area contributed by atoms with Gasteiger partial charge in [-0.05, 0) is 25.1 Å². The molecule has 2 aromatic rings. The number of hydrogen-bond acceptors (Lipinski definition) is 3. The highest BCUT2D eigenvalue weighted by Gasteiger charge is 2.07. The number of carbonyl (C=O) groups excluding carboxylic acids is 1. The summed E-state index contributed by atoms with van der Waals surface area (Å²) in [7, 11) is 0. The van der Waals surface area contributed by atoms with Gasteiger partial charge >= 0.3 is 0 Å². The SMILES string of the molecule is CCNC(=O)Cn1nc(-c2ccc(Br)cc2)ccc1=O. The van der Waals surface area contributed by atoms with Gasteiger partial charge < -0.3 is 5.32 Å². The molecule has 104 valence electrons. The largest absolute Gasteiger partial charge is 0.355 e. The van der Waals surface area contributed by atoms with Gasteiger partial charge in [-0.2, -0.15) is 5.10 Å². The van der Waals surface area contributed by atoms with Crippen molar-refractivity contribution in [3.05, 3.63) is 51.2 Å². The summed E-state index contributed by atoms with van der Waals surface area (Å²) in [6.45, 7) is 2.28. The monoisotopic (exact) mass is 335 g/mol. The lowest BCUT2D eigenvalue weighted by Crippen LogP contribution is -2.33. The third kappa shape index (κ3) is 3.54. The van der Waals surface area contributed by atoms with E-state index < -0.39 is 0 Å². The van der Waals surface area contributed by atoms with Crippen LogP contribution in [0.15, 0.2) is 45.7 Å². The third-order valence-corrected chi connectivity index (χ3v) is 3.20. The Bertz CT molecular complexity index is 665. The van der Waals surface area contributed by atoms with E-state index in [1.54, 1.807) is 6.07 Å². The van der Waals surface area contributed by atoms with E-state index >= 15 is 0 Å². The van der Waals surface area contributed by atoms with Gasteiger partial charge in [0.2, 0.25) is 5.91 Å². The molecule has 0 saturated heterocycles. The summed E-state index contributed by atoms with van der Waals surface area (Å²) in [6, 6.07) is 10.7. The molecule has 0 fully saturated rings. The van der Waals surface area contributed by atoms with Crippen molar-refractivity contribution in [3.63, 3.8) is 0 Å². The van der Waals surface area contributed by atoms with Crippen LogP contribution in [0.5, 0.6) is 0 Å². The van der Waals surface area contributed by atoms with Crippen LogP contribution in [0.4, 0.5) is 0 Å². The van der Waals surface area contributed by atoms with E-state index in [1.165, 1.54) is 10.7 Å². The van der Waals surface area contributed by atoms with Crippen molar-refractivity contribution in [3.8, 4) is 11.3 Å². The van der Waals surface area contributed by atoms with Gasteiger partial charge in [-0.15, -0.1) is 0 Å². The minimum absolute atomic E-state index is 0.0724. The van der Waals surface area contributed by atoms with Crippen molar-refractivity contribution < 1.29 is 4.79 Å². The van der Waals surface area contributed by atoms with E-state index in [-0.39, 0.29) is 18.0 Å². The maximum Gasteiger partial charge on any atom is 0.267 e. The van der Waals surface area contributed by atoms with E-state index in [2.05, 4.69) is 26.3 Å². The predicted octanol–water partition coefficient (Wildman–Crippen LogP) is 1.81. The molecule has 6 heteroatoms. The summed E-state index contributed by atoms with van der Waals surface area (Å²) in [5.74, 6) is -0.227. The molecule has 20 heavy (non-hydrogen) atoms. The van der Waals surface area contributed by atoms with Gasteiger partial charge in [0.15, 0.2) is 0 Å². The summed E-state index contributed by atoms with van der Waals surface area (Å²) < 4.78 is 2.14. The molecule has 1 heterocycles. The minimum atomic E-state index is -0.294. The molecule has 1 aromatic heterocycles. The van der Waals surface area contributed by atoms with Crippen molar-refractivity contribution >= 4 is 21.8 Å². The Labute approximate surface area is 124 Å². The van der Waals surface area contributed by atoms with E-state index in [0.29, 0.717) is 12.2 Å². The van der Waals surface area contributed by atoms with Crippen LogP contribution < -0.4 is 10.9 Å². The molecule has 2 rings (SSSR count). The summed E-state index contributed by atoms with van der Waals surface area (Å²) in [6.07, 6.45) is 0. The first-order chi connectivity index (χ1) is 9.60. The van der Waals surface area contributed by atoms with Crippen LogP contribution >= 0.6 is 15.9 Å². The third-order valence-electron chi connectivity index (χ3n) is 2.67. The Morgan fingerprint density at radius 1 is 1.25 bits per heavy atom. The molecule has 1 amide bonds. The fourth-order valence-electron chi connectivity index (χ4n) is 1.73. The van der Waals surface area contributed by atoms with Gasteiger partial charge in [-0.25, -0.2) is 4.68 Å². The first-order valence-electron chi connectivity index (χ1n) is 6.21. The van der Waals surface area contributed by atoms with Crippen LogP contribution in [-0.2, 0) is 11.3 Å². The molecule has 5 nitrogen and oxygen atoms in total. The number of nitrogens with zero attached hydrogens (tertiary/aromatic N) is 2. The van der Waals surface area contributed by atoms with Gasteiger partial charge in [-0.1, -0.05) is 28.1 Å². The Balaban J connectivity index is 2.31. The van der Waals surface area contributed by atoms with Gasteiger partial charge in [0.1, 0.15) is 6.54 Å². The Morgan fingerprint density at radius 2 is 1.95 bits per heavy atom. The molecule has 0 saturated carbocycles. The highest BCUT2D eigenvalue weighted by atomic mass is 79.9. The molecule has 0 unspecified atom stereocenters. The number of amides is 1. The number of halogens is 1. The number of hydrogen-bond donors (Lipinski definition) is 1. The van der Waals surface area contributed by atoms with Crippen molar-refractivity contribution in [2.24, 2.45) is 0 Å². The van der Waals surface area contributed by atoms with Crippen molar-refractivity contribution in [1.82, 2.24) is 15.1 Å². The second-order valence-corrected chi connectivity index (χ2v) is 5.09. The number of likely N-dealkylation sites (N-methyl/N-ethyl adjacent to an activating group) is 1. The lowest BCUT2D eigenvalue weighted by Gasteiger charge is -2.07. The summed E-state index contributed by atoms with van der Waals surface area (Å²) in [5, 5.41) is 6.87. The van der Waals surface area contributed by atoms with Crippen LogP contribution in [-0.4, -0.2) is 22.2 Å². The molecule has 1 aromatic carbocycles. The van der Waals surface area contributed by atoms with E-state index in [9.17, 15) is 9.59 Å². The number of rotatable bonds is 4. The second-order valence-electron chi connectivity index (χ2n) is 4.17. The van der Waals surface area contributed by atoms with E-state index in [4.69, 9.17) is 0 Å². The number of benzene rings is 1. The quantitative estimate of drug-likeness (QED) is 0.926. The molecule has 0 aliphatic rings. The number of carbonyl (C=O) groups is 1. The molecule has 0 bridgehead atoms. The first kappa shape index (κ1) is 14.5. The molecular formula is C14H14BrN3O2. The lowest BCUT2D eigenvalue weighted by molar-refractivity contribution is -0.121. The topological polar surface area (TPSA) is 64.0 Å². The van der Waals surface area contributed by atoms with Gasteiger partial charge in [0, 0.05) is 22.6 Å². The van der Waals surface area contributed by atoms with Gasteiger partial charge in [-0.3, -0.25) is 9.59 Å². The second kappa shape index (κ2) is 6.47. The fraction of sp³-hybridized carbons (Fsp3) is 0.214. The molecule has 0 atom stereocenters.